The zero-order valence-electron chi connectivity index (χ0n) is 16.2. The number of guanidine groups is 1. The van der Waals surface area contributed by atoms with Gasteiger partial charge in [-0.15, -0.1) is 0 Å². The molecule has 0 radical (unpaired) electrons. The minimum Gasteiger partial charge on any atom is -0.370 e. The number of hydrogen-bond donors (Lipinski definition) is 4. The van der Waals surface area contributed by atoms with Crippen molar-refractivity contribution >= 4 is 17.8 Å². The van der Waals surface area contributed by atoms with Crippen molar-refractivity contribution in [2.24, 2.45) is 16.5 Å². The van der Waals surface area contributed by atoms with Crippen LogP contribution in [-0.2, 0) is 9.59 Å². The molecule has 0 aliphatic rings. The molecule has 0 saturated carbocycles. The molecule has 8 nitrogen and oxygen atoms in total. The fourth-order valence-electron chi connectivity index (χ4n) is 2.58. The van der Waals surface area contributed by atoms with Crippen LogP contribution in [0.25, 0.3) is 0 Å². The molecular formula is C17H36N6O2. The molecule has 0 heterocycles. The van der Waals surface area contributed by atoms with E-state index in [1.807, 2.05) is 20.8 Å². The molecule has 0 spiro atoms. The minimum absolute atomic E-state index is 0.0879. The van der Waals surface area contributed by atoms with E-state index in [0.717, 1.165) is 32.4 Å². The average molecular weight is 357 g/mol. The third-order valence-electron chi connectivity index (χ3n) is 4.04. The van der Waals surface area contributed by atoms with Crippen LogP contribution in [0.4, 0.5) is 0 Å². The first kappa shape index (κ1) is 23.2. The first-order valence-electron chi connectivity index (χ1n) is 9.24. The van der Waals surface area contributed by atoms with Crippen molar-refractivity contribution in [3.8, 4) is 0 Å². The van der Waals surface area contributed by atoms with Gasteiger partial charge in [0, 0.05) is 13.1 Å². The van der Waals surface area contributed by atoms with Gasteiger partial charge in [-0.05, 0) is 45.7 Å². The Bertz CT molecular complexity index is 419. The number of carbonyl (C=O) groups is 2. The van der Waals surface area contributed by atoms with Crippen molar-refractivity contribution in [2.45, 2.75) is 65.5 Å². The molecule has 2 amide bonds. The Morgan fingerprint density at radius 1 is 1.08 bits per heavy atom. The number of nitrogens with one attached hydrogen (secondary N) is 2. The summed E-state index contributed by atoms with van der Waals surface area (Å²) in [5.41, 5.74) is 10.6. The molecule has 0 aliphatic carbocycles. The van der Waals surface area contributed by atoms with E-state index in [1.54, 1.807) is 6.92 Å². The molecule has 0 saturated heterocycles. The topological polar surface area (TPSA) is 126 Å². The van der Waals surface area contributed by atoms with Crippen LogP contribution in [0.2, 0.25) is 0 Å². The molecule has 0 aromatic heterocycles. The molecule has 0 rings (SSSR count). The SMILES string of the molecule is CCCNC(=O)[C@@H](C)NC(=O)[C@H](CCCCN=C(N)N)N(CC)CC. The Balaban J connectivity index is 4.65. The van der Waals surface area contributed by atoms with Gasteiger partial charge in [-0.1, -0.05) is 20.8 Å². The molecule has 25 heavy (non-hydrogen) atoms. The summed E-state index contributed by atoms with van der Waals surface area (Å²) in [5, 5.41) is 5.64. The zero-order chi connectivity index (χ0) is 19.2. The van der Waals surface area contributed by atoms with Gasteiger partial charge >= 0.3 is 0 Å². The minimum atomic E-state index is -0.543. The van der Waals surface area contributed by atoms with E-state index in [9.17, 15) is 9.59 Å². The number of amides is 2. The van der Waals surface area contributed by atoms with E-state index in [1.165, 1.54) is 0 Å². The number of unbranched alkanes of at least 4 members (excludes halogenated alkanes) is 1. The van der Waals surface area contributed by atoms with Gasteiger partial charge in [-0.2, -0.15) is 0 Å². The van der Waals surface area contributed by atoms with Gasteiger partial charge in [0.1, 0.15) is 6.04 Å². The maximum absolute atomic E-state index is 12.7. The second-order valence-corrected chi connectivity index (χ2v) is 6.06. The Hall–Kier alpha value is -1.83. The maximum Gasteiger partial charge on any atom is 0.242 e. The second-order valence-electron chi connectivity index (χ2n) is 6.06. The highest BCUT2D eigenvalue weighted by molar-refractivity contribution is 5.89. The van der Waals surface area contributed by atoms with Crippen molar-refractivity contribution in [3.63, 3.8) is 0 Å². The molecule has 0 aliphatic heterocycles. The first-order valence-corrected chi connectivity index (χ1v) is 9.24. The predicted molar refractivity (Wildman–Crippen MR) is 102 cm³/mol. The number of carbonyl (C=O) groups excluding carboxylic acids is 2. The van der Waals surface area contributed by atoms with Crippen molar-refractivity contribution in [3.05, 3.63) is 0 Å². The van der Waals surface area contributed by atoms with Gasteiger partial charge in [0.15, 0.2) is 5.96 Å². The standard InChI is InChI=1S/C17H36N6O2/c1-5-11-20-15(24)13(4)22-16(25)14(23(6-2)7-3)10-8-9-12-21-17(18)19/h13-14H,5-12H2,1-4H3,(H,20,24)(H,22,25)(H4,18,19,21)/t13-,14+/m1/s1. The number of rotatable bonds is 13. The normalized spacial score (nSPS) is 13.2. The van der Waals surface area contributed by atoms with Crippen LogP contribution >= 0.6 is 0 Å². The third kappa shape index (κ3) is 9.91. The van der Waals surface area contributed by atoms with Gasteiger partial charge in [-0.3, -0.25) is 19.5 Å². The van der Waals surface area contributed by atoms with E-state index in [2.05, 4.69) is 20.5 Å². The van der Waals surface area contributed by atoms with Crippen LogP contribution in [0.3, 0.4) is 0 Å². The van der Waals surface area contributed by atoms with Gasteiger partial charge < -0.3 is 22.1 Å². The van der Waals surface area contributed by atoms with Gasteiger partial charge in [-0.25, -0.2) is 0 Å². The Morgan fingerprint density at radius 2 is 1.72 bits per heavy atom. The van der Waals surface area contributed by atoms with E-state index >= 15 is 0 Å². The van der Waals surface area contributed by atoms with Crippen molar-refractivity contribution < 1.29 is 9.59 Å². The summed E-state index contributed by atoms with van der Waals surface area (Å²) in [6.45, 7) is 10.5. The Labute approximate surface area is 151 Å². The zero-order valence-corrected chi connectivity index (χ0v) is 16.2. The van der Waals surface area contributed by atoms with Gasteiger partial charge in [0.05, 0.1) is 6.04 Å². The largest absolute Gasteiger partial charge is 0.370 e. The highest BCUT2D eigenvalue weighted by Gasteiger charge is 2.26. The maximum atomic E-state index is 12.7. The van der Waals surface area contributed by atoms with Crippen molar-refractivity contribution in [2.75, 3.05) is 26.2 Å². The van der Waals surface area contributed by atoms with E-state index < -0.39 is 6.04 Å². The van der Waals surface area contributed by atoms with E-state index in [0.29, 0.717) is 19.5 Å². The molecule has 0 fully saturated rings. The fraction of sp³-hybridized carbons (Fsp3) is 0.824. The average Bonchev–Trinajstić information content (AvgIpc) is 2.58. The number of nitrogens with zero attached hydrogens (tertiary/aromatic N) is 2. The van der Waals surface area contributed by atoms with Crippen LogP contribution < -0.4 is 22.1 Å². The molecule has 0 bridgehead atoms. The van der Waals surface area contributed by atoms with Crippen molar-refractivity contribution in [1.29, 1.82) is 0 Å². The lowest BCUT2D eigenvalue weighted by Crippen LogP contribution is -2.52. The Morgan fingerprint density at radius 3 is 2.24 bits per heavy atom. The summed E-state index contributed by atoms with van der Waals surface area (Å²) >= 11 is 0. The second kappa shape index (κ2) is 13.5. The first-order chi connectivity index (χ1) is 11.9. The van der Waals surface area contributed by atoms with Crippen LogP contribution in [0.5, 0.6) is 0 Å². The fourth-order valence-corrected chi connectivity index (χ4v) is 2.58. The molecule has 8 heteroatoms. The molecular weight excluding hydrogens is 320 g/mol. The van der Waals surface area contributed by atoms with Crippen LogP contribution in [0.1, 0.15) is 53.4 Å². The molecule has 6 N–H and O–H groups in total. The predicted octanol–water partition coefficient (Wildman–Crippen LogP) is 0.171. The number of hydrogen-bond acceptors (Lipinski definition) is 4. The number of nitrogens with two attached hydrogens (primary N) is 2. The summed E-state index contributed by atoms with van der Waals surface area (Å²) in [5.74, 6) is -0.170. The lowest BCUT2D eigenvalue weighted by Gasteiger charge is -2.29. The summed E-state index contributed by atoms with van der Waals surface area (Å²) in [6, 6.07) is -0.797. The molecule has 146 valence electrons. The third-order valence-corrected chi connectivity index (χ3v) is 4.04. The highest BCUT2D eigenvalue weighted by Crippen LogP contribution is 2.10. The van der Waals surface area contributed by atoms with E-state index in [-0.39, 0.29) is 23.8 Å². The highest BCUT2D eigenvalue weighted by atomic mass is 16.2. The molecule has 0 unspecified atom stereocenters. The van der Waals surface area contributed by atoms with Crippen LogP contribution in [0, 0.1) is 0 Å². The molecule has 2 atom stereocenters. The quantitative estimate of drug-likeness (QED) is 0.213. The van der Waals surface area contributed by atoms with Crippen LogP contribution in [0.15, 0.2) is 4.99 Å². The van der Waals surface area contributed by atoms with Crippen molar-refractivity contribution in [1.82, 2.24) is 15.5 Å². The van der Waals surface area contributed by atoms with Crippen LogP contribution in [-0.4, -0.2) is 60.9 Å². The summed E-state index contributed by atoms with van der Waals surface area (Å²) in [4.78, 5) is 30.7. The summed E-state index contributed by atoms with van der Waals surface area (Å²) in [6.07, 6.45) is 3.22. The summed E-state index contributed by atoms with van der Waals surface area (Å²) < 4.78 is 0. The molecule has 0 aromatic carbocycles. The Kier molecular flexibility index (Phi) is 12.5. The smallest absolute Gasteiger partial charge is 0.242 e. The number of likely N-dealkylation sites (N-methyl/N-ethyl adjacent to an activating group) is 1. The summed E-state index contributed by atoms with van der Waals surface area (Å²) in [7, 11) is 0. The van der Waals surface area contributed by atoms with E-state index in [4.69, 9.17) is 11.5 Å². The van der Waals surface area contributed by atoms with Gasteiger partial charge in [0.25, 0.3) is 0 Å². The lowest BCUT2D eigenvalue weighted by molar-refractivity contribution is -0.131. The van der Waals surface area contributed by atoms with Gasteiger partial charge in [0.2, 0.25) is 11.8 Å². The lowest BCUT2D eigenvalue weighted by atomic mass is 10.1. The number of aliphatic imine (C=N–C) groups is 1. The monoisotopic (exact) mass is 356 g/mol. The molecule has 0 aromatic rings.